The average Bonchev–Trinajstić information content (AvgIpc) is 3.25. The van der Waals surface area contributed by atoms with Gasteiger partial charge in [0.2, 0.25) is 0 Å². The molecule has 0 amide bonds. The van der Waals surface area contributed by atoms with E-state index in [9.17, 15) is 4.39 Å². The molecular weight excluding hydrogens is 321 g/mol. The molecule has 0 atom stereocenters. The summed E-state index contributed by atoms with van der Waals surface area (Å²) in [6.07, 6.45) is 9.02. The molecule has 25 heavy (non-hydrogen) atoms. The van der Waals surface area contributed by atoms with E-state index in [4.69, 9.17) is 0 Å². The van der Waals surface area contributed by atoms with E-state index in [-0.39, 0.29) is 5.82 Å². The minimum absolute atomic E-state index is 0.390. The molecule has 0 radical (unpaired) electrons. The molecule has 126 valence electrons. The third-order valence-corrected chi connectivity index (χ3v) is 3.92. The van der Waals surface area contributed by atoms with Crippen molar-refractivity contribution in [3.63, 3.8) is 0 Å². The van der Waals surface area contributed by atoms with Gasteiger partial charge in [0.15, 0.2) is 5.65 Å². The molecule has 8 heteroatoms. The Morgan fingerprint density at radius 2 is 2.12 bits per heavy atom. The first-order chi connectivity index (χ1) is 12.2. The number of hydrogen-bond acceptors (Lipinski definition) is 5. The van der Waals surface area contributed by atoms with Crippen molar-refractivity contribution in [2.45, 2.75) is 13.3 Å². The Kier molecular flexibility index (Phi) is 3.85. The van der Waals surface area contributed by atoms with Gasteiger partial charge in [-0.3, -0.25) is 10.1 Å². The predicted molar refractivity (Wildman–Crippen MR) is 91.7 cm³/mol. The lowest BCUT2D eigenvalue weighted by molar-refractivity contribution is 0.622. The zero-order valence-electron chi connectivity index (χ0n) is 13.6. The van der Waals surface area contributed by atoms with E-state index in [0.29, 0.717) is 17.8 Å². The number of aromatic nitrogens is 6. The molecule has 0 saturated heterocycles. The van der Waals surface area contributed by atoms with Gasteiger partial charge in [-0.2, -0.15) is 14.7 Å². The van der Waals surface area contributed by atoms with Crippen molar-refractivity contribution >= 4 is 11.5 Å². The van der Waals surface area contributed by atoms with Gasteiger partial charge in [0.1, 0.15) is 11.6 Å². The van der Waals surface area contributed by atoms with Crippen LogP contribution in [0.1, 0.15) is 11.1 Å². The fraction of sp³-hybridized carbons (Fsp3) is 0.176. The van der Waals surface area contributed by atoms with Crippen LogP contribution in [-0.2, 0) is 6.42 Å². The standard InChI is InChI=1S/C17H16FN7/c1-11-6-23-25-16(20-3-2-12-7-21-22-8-12)5-15(24-17(11)25)13-4-14(18)10-19-9-13/h4-10,20H,2-3H2,1H3,(H,21,22). The number of halogens is 1. The van der Waals surface area contributed by atoms with Crippen LogP contribution in [0.3, 0.4) is 0 Å². The summed E-state index contributed by atoms with van der Waals surface area (Å²) in [6.45, 7) is 2.65. The SMILES string of the molecule is Cc1cnn2c(NCCc3cn[nH]c3)cc(-c3cncc(F)c3)nc12. The van der Waals surface area contributed by atoms with Crippen LogP contribution in [0.4, 0.5) is 10.2 Å². The largest absolute Gasteiger partial charge is 0.370 e. The molecule has 4 aromatic rings. The van der Waals surface area contributed by atoms with Crippen LogP contribution in [-0.4, -0.2) is 36.3 Å². The maximum Gasteiger partial charge on any atom is 0.160 e. The molecule has 0 aliphatic carbocycles. The molecule has 4 rings (SSSR count). The van der Waals surface area contributed by atoms with Gasteiger partial charge in [-0.05, 0) is 25.0 Å². The van der Waals surface area contributed by atoms with E-state index < -0.39 is 0 Å². The number of H-pyrrole nitrogens is 1. The second kappa shape index (κ2) is 6.31. The van der Waals surface area contributed by atoms with Crippen molar-refractivity contribution in [3.05, 3.63) is 60.1 Å². The van der Waals surface area contributed by atoms with Crippen LogP contribution in [0.2, 0.25) is 0 Å². The summed E-state index contributed by atoms with van der Waals surface area (Å²) < 4.78 is 15.3. The first-order valence-corrected chi connectivity index (χ1v) is 7.88. The van der Waals surface area contributed by atoms with E-state index in [2.05, 4.69) is 30.6 Å². The number of aromatic amines is 1. The lowest BCUT2D eigenvalue weighted by Crippen LogP contribution is -2.10. The smallest absolute Gasteiger partial charge is 0.160 e. The molecule has 0 aliphatic rings. The van der Waals surface area contributed by atoms with Crippen LogP contribution in [0.5, 0.6) is 0 Å². The molecule has 0 aliphatic heterocycles. The summed E-state index contributed by atoms with van der Waals surface area (Å²) in [5.41, 5.74) is 4.07. The Bertz CT molecular complexity index is 1010. The molecule has 0 fully saturated rings. The maximum absolute atomic E-state index is 13.5. The molecule has 0 spiro atoms. The number of rotatable bonds is 5. The van der Waals surface area contributed by atoms with Gasteiger partial charge in [-0.15, -0.1) is 0 Å². The zero-order valence-corrected chi connectivity index (χ0v) is 13.6. The molecule has 0 saturated carbocycles. The highest BCUT2D eigenvalue weighted by Gasteiger charge is 2.11. The summed E-state index contributed by atoms with van der Waals surface area (Å²) >= 11 is 0. The lowest BCUT2D eigenvalue weighted by atomic mass is 10.2. The van der Waals surface area contributed by atoms with Gasteiger partial charge in [-0.25, -0.2) is 9.37 Å². The van der Waals surface area contributed by atoms with Crippen LogP contribution in [0.25, 0.3) is 16.9 Å². The van der Waals surface area contributed by atoms with Crippen LogP contribution >= 0.6 is 0 Å². The maximum atomic E-state index is 13.5. The Labute approximate surface area is 142 Å². The monoisotopic (exact) mass is 337 g/mol. The summed E-state index contributed by atoms with van der Waals surface area (Å²) in [4.78, 5) is 8.51. The van der Waals surface area contributed by atoms with Gasteiger partial charge in [0, 0.05) is 36.1 Å². The van der Waals surface area contributed by atoms with E-state index in [1.807, 2.05) is 19.2 Å². The van der Waals surface area contributed by atoms with Gasteiger partial charge >= 0.3 is 0 Å². The summed E-state index contributed by atoms with van der Waals surface area (Å²) in [5.74, 6) is 0.403. The van der Waals surface area contributed by atoms with E-state index in [1.54, 1.807) is 23.1 Å². The van der Waals surface area contributed by atoms with E-state index in [1.165, 1.54) is 12.3 Å². The second-order valence-electron chi connectivity index (χ2n) is 5.76. The van der Waals surface area contributed by atoms with Crippen LogP contribution in [0, 0.1) is 12.7 Å². The molecule has 2 N–H and O–H groups in total. The predicted octanol–water partition coefficient (Wildman–Crippen LogP) is 2.62. The minimum atomic E-state index is -0.390. The number of aryl methyl sites for hydroxylation is 1. The molecular formula is C17H16FN7. The Morgan fingerprint density at radius 3 is 2.92 bits per heavy atom. The normalized spacial score (nSPS) is 11.1. The Balaban J connectivity index is 1.69. The highest BCUT2D eigenvalue weighted by atomic mass is 19.1. The van der Waals surface area contributed by atoms with Crippen LogP contribution < -0.4 is 5.32 Å². The van der Waals surface area contributed by atoms with E-state index in [0.717, 1.165) is 29.0 Å². The topological polar surface area (TPSA) is 83.8 Å². The number of nitrogens with zero attached hydrogens (tertiary/aromatic N) is 5. The number of fused-ring (bicyclic) bond motifs is 1. The van der Waals surface area contributed by atoms with Crippen molar-refractivity contribution in [1.29, 1.82) is 0 Å². The summed E-state index contributed by atoms with van der Waals surface area (Å²) in [6, 6.07) is 3.28. The Morgan fingerprint density at radius 1 is 1.20 bits per heavy atom. The number of pyridine rings is 1. The number of nitrogens with one attached hydrogen (secondary N) is 2. The first kappa shape index (κ1) is 15.3. The number of anilines is 1. The third kappa shape index (κ3) is 3.06. The Hall–Kier alpha value is -3.29. The van der Waals surface area contributed by atoms with Gasteiger partial charge in [0.25, 0.3) is 0 Å². The van der Waals surface area contributed by atoms with Crippen molar-refractivity contribution in [1.82, 2.24) is 29.8 Å². The molecule has 4 aromatic heterocycles. The van der Waals surface area contributed by atoms with Crippen LogP contribution in [0.15, 0.2) is 43.1 Å². The molecule has 0 unspecified atom stereocenters. The second-order valence-corrected chi connectivity index (χ2v) is 5.76. The molecule has 7 nitrogen and oxygen atoms in total. The van der Waals surface area contributed by atoms with Gasteiger partial charge < -0.3 is 5.32 Å². The highest BCUT2D eigenvalue weighted by molar-refractivity contribution is 5.67. The lowest BCUT2D eigenvalue weighted by Gasteiger charge is -2.10. The van der Waals surface area contributed by atoms with Gasteiger partial charge in [0.05, 0.1) is 24.3 Å². The molecule has 4 heterocycles. The molecule has 0 bridgehead atoms. The van der Waals surface area contributed by atoms with Crippen molar-refractivity contribution in [3.8, 4) is 11.3 Å². The average molecular weight is 337 g/mol. The fourth-order valence-corrected chi connectivity index (χ4v) is 2.65. The number of hydrogen-bond donors (Lipinski definition) is 2. The van der Waals surface area contributed by atoms with Gasteiger partial charge in [-0.1, -0.05) is 0 Å². The highest BCUT2D eigenvalue weighted by Crippen LogP contribution is 2.23. The summed E-state index contributed by atoms with van der Waals surface area (Å²) in [7, 11) is 0. The van der Waals surface area contributed by atoms with E-state index >= 15 is 0 Å². The quantitative estimate of drug-likeness (QED) is 0.585. The molecule has 0 aromatic carbocycles. The minimum Gasteiger partial charge on any atom is -0.370 e. The van der Waals surface area contributed by atoms with Crippen molar-refractivity contribution in [2.75, 3.05) is 11.9 Å². The third-order valence-electron chi connectivity index (χ3n) is 3.92. The fourth-order valence-electron chi connectivity index (χ4n) is 2.65. The first-order valence-electron chi connectivity index (χ1n) is 7.88. The summed E-state index contributed by atoms with van der Waals surface area (Å²) in [5, 5.41) is 14.5. The van der Waals surface area contributed by atoms with Crippen molar-refractivity contribution in [2.24, 2.45) is 0 Å². The van der Waals surface area contributed by atoms with Crippen molar-refractivity contribution < 1.29 is 4.39 Å². The zero-order chi connectivity index (χ0) is 17.2.